The standard InChI is InChI=1S/C10H14N2/c1-8-5-3-4-6-9(8)7-10(11)12-2/h3-6H,7H2,1-2H3,(H2,11,12). The number of benzene rings is 1. The van der Waals surface area contributed by atoms with E-state index < -0.39 is 0 Å². The van der Waals surface area contributed by atoms with E-state index in [0.29, 0.717) is 5.84 Å². The molecule has 0 unspecified atom stereocenters. The van der Waals surface area contributed by atoms with Gasteiger partial charge in [-0.25, -0.2) is 0 Å². The van der Waals surface area contributed by atoms with E-state index in [2.05, 4.69) is 24.0 Å². The maximum absolute atomic E-state index is 5.62. The van der Waals surface area contributed by atoms with Crippen molar-refractivity contribution in [2.75, 3.05) is 7.05 Å². The summed E-state index contributed by atoms with van der Waals surface area (Å²) in [6, 6.07) is 8.20. The van der Waals surface area contributed by atoms with Gasteiger partial charge in [-0.15, -0.1) is 0 Å². The minimum Gasteiger partial charge on any atom is -0.387 e. The Morgan fingerprint density at radius 1 is 1.42 bits per heavy atom. The molecule has 1 aromatic carbocycles. The fraction of sp³-hybridized carbons (Fsp3) is 0.300. The summed E-state index contributed by atoms with van der Waals surface area (Å²) in [5, 5.41) is 0. The van der Waals surface area contributed by atoms with Crippen LogP contribution in [0.3, 0.4) is 0 Å². The summed E-state index contributed by atoms with van der Waals surface area (Å²) in [7, 11) is 1.72. The predicted molar refractivity (Wildman–Crippen MR) is 52.4 cm³/mol. The summed E-state index contributed by atoms with van der Waals surface area (Å²) in [4.78, 5) is 3.92. The Morgan fingerprint density at radius 2 is 2.08 bits per heavy atom. The van der Waals surface area contributed by atoms with Gasteiger partial charge >= 0.3 is 0 Å². The molecule has 0 heterocycles. The van der Waals surface area contributed by atoms with Crippen LogP contribution >= 0.6 is 0 Å². The molecule has 0 spiro atoms. The maximum atomic E-state index is 5.62. The summed E-state index contributed by atoms with van der Waals surface area (Å²) in [5.74, 6) is 0.685. The van der Waals surface area contributed by atoms with Crippen LogP contribution in [-0.4, -0.2) is 12.9 Å². The molecule has 0 aliphatic heterocycles. The Bertz CT molecular complexity index is 290. The van der Waals surface area contributed by atoms with E-state index >= 15 is 0 Å². The molecule has 0 saturated carbocycles. The highest BCUT2D eigenvalue weighted by Gasteiger charge is 1.97. The van der Waals surface area contributed by atoms with Gasteiger partial charge in [0.2, 0.25) is 0 Å². The van der Waals surface area contributed by atoms with Gasteiger partial charge in [-0.2, -0.15) is 0 Å². The second kappa shape index (κ2) is 3.90. The highest BCUT2D eigenvalue weighted by atomic mass is 14.8. The smallest absolute Gasteiger partial charge is 0.0978 e. The number of rotatable bonds is 2. The first kappa shape index (κ1) is 8.78. The van der Waals surface area contributed by atoms with Gasteiger partial charge in [-0.05, 0) is 18.1 Å². The Labute approximate surface area is 73.1 Å². The molecule has 0 radical (unpaired) electrons. The van der Waals surface area contributed by atoms with Crippen molar-refractivity contribution in [1.82, 2.24) is 0 Å². The van der Waals surface area contributed by atoms with Crippen LogP contribution in [0.2, 0.25) is 0 Å². The average molecular weight is 162 g/mol. The molecule has 12 heavy (non-hydrogen) atoms. The maximum Gasteiger partial charge on any atom is 0.0978 e. The third-order valence-corrected chi connectivity index (χ3v) is 1.92. The Hall–Kier alpha value is -1.31. The van der Waals surface area contributed by atoms with Crippen molar-refractivity contribution >= 4 is 5.84 Å². The molecule has 2 nitrogen and oxygen atoms in total. The number of aryl methyl sites for hydroxylation is 1. The van der Waals surface area contributed by atoms with Crippen LogP contribution in [0.1, 0.15) is 11.1 Å². The molecular weight excluding hydrogens is 148 g/mol. The fourth-order valence-electron chi connectivity index (χ4n) is 1.08. The van der Waals surface area contributed by atoms with Crippen molar-refractivity contribution in [2.45, 2.75) is 13.3 Å². The van der Waals surface area contributed by atoms with E-state index in [-0.39, 0.29) is 0 Å². The zero-order chi connectivity index (χ0) is 8.97. The number of aliphatic imine (C=N–C) groups is 1. The third-order valence-electron chi connectivity index (χ3n) is 1.92. The van der Waals surface area contributed by atoms with Crippen LogP contribution < -0.4 is 5.73 Å². The topological polar surface area (TPSA) is 38.4 Å². The largest absolute Gasteiger partial charge is 0.387 e. The zero-order valence-corrected chi connectivity index (χ0v) is 7.54. The third kappa shape index (κ3) is 2.09. The van der Waals surface area contributed by atoms with E-state index in [9.17, 15) is 0 Å². The molecule has 2 N–H and O–H groups in total. The minimum atomic E-state index is 0.685. The van der Waals surface area contributed by atoms with E-state index in [4.69, 9.17) is 5.73 Å². The SMILES string of the molecule is CN=C(N)Cc1ccccc1C. The van der Waals surface area contributed by atoms with Gasteiger partial charge in [0.05, 0.1) is 5.84 Å². The summed E-state index contributed by atoms with van der Waals surface area (Å²) >= 11 is 0. The van der Waals surface area contributed by atoms with E-state index in [0.717, 1.165) is 6.42 Å². The van der Waals surface area contributed by atoms with Crippen LogP contribution in [0.4, 0.5) is 0 Å². The second-order valence-corrected chi connectivity index (χ2v) is 2.82. The lowest BCUT2D eigenvalue weighted by Gasteiger charge is -2.03. The van der Waals surface area contributed by atoms with Gasteiger partial charge < -0.3 is 5.73 Å². The average Bonchev–Trinajstić information content (AvgIpc) is 2.09. The van der Waals surface area contributed by atoms with E-state index in [1.807, 2.05) is 12.1 Å². The molecule has 0 atom stereocenters. The molecule has 0 aliphatic rings. The lowest BCUT2D eigenvalue weighted by Crippen LogP contribution is -2.15. The second-order valence-electron chi connectivity index (χ2n) is 2.82. The molecule has 1 rings (SSSR count). The minimum absolute atomic E-state index is 0.685. The van der Waals surface area contributed by atoms with Gasteiger partial charge in [-0.3, -0.25) is 4.99 Å². The van der Waals surface area contributed by atoms with Gasteiger partial charge in [0.25, 0.3) is 0 Å². The van der Waals surface area contributed by atoms with Crippen LogP contribution in [0.15, 0.2) is 29.3 Å². The van der Waals surface area contributed by atoms with Crippen molar-refractivity contribution in [3.8, 4) is 0 Å². The first-order valence-electron chi connectivity index (χ1n) is 3.99. The molecule has 0 fully saturated rings. The fourth-order valence-corrected chi connectivity index (χ4v) is 1.08. The molecule has 2 heteroatoms. The van der Waals surface area contributed by atoms with Crippen molar-refractivity contribution in [3.05, 3.63) is 35.4 Å². The monoisotopic (exact) mass is 162 g/mol. The van der Waals surface area contributed by atoms with Crippen LogP contribution in [-0.2, 0) is 6.42 Å². The summed E-state index contributed by atoms with van der Waals surface area (Å²) in [6.07, 6.45) is 0.753. The number of nitrogens with two attached hydrogens (primary N) is 1. The number of nitrogens with zero attached hydrogens (tertiary/aromatic N) is 1. The van der Waals surface area contributed by atoms with Crippen LogP contribution in [0, 0.1) is 6.92 Å². The van der Waals surface area contributed by atoms with Crippen molar-refractivity contribution in [1.29, 1.82) is 0 Å². The molecule has 1 aromatic rings. The number of hydrogen-bond acceptors (Lipinski definition) is 1. The highest BCUT2D eigenvalue weighted by molar-refractivity contribution is 5.82. The quantitative estimate of drug-likeness (QED) is 0.519. The Balaban J connectivity index is 2.82. The number of hydrogen-bond donors (Lipinski definition) is 1. The van der Waals surface area contributed by atoms with Crippen molar-refractivity contribution in [3.63, 3.8) is 0 Å². The van der Waals surface area contributed by atoms with Crippen molar-refractivity contribution < 1.29 is 0 Å². The van der Waals surface area contributed by atoms with Gasteiger partial charge in [-0.1, -0.05) is 24.3 Å². The molecule has 64 valence electrons. The van der Waals surface area contributed by atoms with E-state index in [1.54, 1.807) is 7.05 Å². The van der Waals surface area contributed by atoms with Gasteiger partial charge in [0.15, 0.2) is 0 Å². The van der Waals surface area contributed by atoms with Crippen LogP contribution in [0.25, 0.3) is 0 Å². The molecule has 0 aromatic heterocycles. The Kier molecular flexibility index (Phi) is 2.86. The molecule has 0 saturated heterocycles. The van der Waals surface area contributed by atoms with Crippen molar-refractivity contribution in [2.24, 2.45) is 10.7 Å². The summed E-state index contributed by atoms with van der Waals surface area (Å²) < 4.78 is 0. The normalized spacial score (nSPS) is 11.7. The zero-order valence-electron chi connectivity index (χ0n) is 7.54. The first-order valence-corrected chi connectivity index (χ1v) is 3.99. The summed E-state index contributed by atoms with van der Waals surface area (Å²) in [5.41, 5.74) is 8.14. The highest BCUT2D eigenvalue weighted by Crippen LogP contribution is 2.06. The lowest BCUT2D eigenvalue weighted by atomic mass is 10.1. The Morgan fingerprint density at radius 3 is 2.67 bits per heavy atom. The molecule has 0 aliphatic carbocycles. The molecule has 0 amide bonds. The number of amidine groups is 1. The van der Waals surface area contributed by atoms with E-state index in [1.165, 1.54) is 11.1 Å². The van der Waals surface area contributed by atoms with Gasteiger partial charge in [0.1, 0.15) is 0 Å². The van der Waals surface area contributed by atoms with Crippen LogP contribution in [0.5, 0.6) is 0 Å². The first-order chi connectivity index (χ1) is 5.74. The summed E-state index contributed by atoms with van der Waals surface area (Å²) in [6.45, 7) is 2.08. The lowest BCUT2D eigenvalue weighted by molar-refractivity contribution is 1.21. The van der Waals surface area contributed by atoms with Gasteiger partial charge in [0, 0.05) is 13.5 Å². The molecular formula is C10H14N2. The predicted octanol–water partition coefficient (Wildman–Crippen LogP) is 1.52. The molecule has 0 bridgehead atoms.